The topological polar surface area (TPSA) is 49.4 Å². The number of halogens is 1. The van der Waals surface area contributed by atoms with Gasteiger partial charge in [-0.05, 0) is 12.6 Å². The Morgan fingerprint density at radius 3 is 2.35 bits per heavy atom. The lowest BCUT2D eigenvalue weighted by atomic mass is 10.2. The molecule has 0 aromatic heterocycles. The minimum atomic E-state index is -3.19. The Morgan fingerprint density at radius 2 is 1.82 bits per heavy atom. The molecule has 0 unspecified atom stereocenters. The SMILES string of the molecule is CNCCN(C)S(=O)(=O)Cc1ccccc1.Cl. The second-order valence-corrected chi connectivity index (χ2v) is 5.74. The summed E-state index contributed by atoms with van der Waals surface area (Å²) in [5, 5.41) is 2.93. The third-order valence-electron chi connectivity index (χ3n) is 2.34. The van der Waals surface area contributed by atoms with Crippen LogP contribution in [0.5, 0.6) is 0 Å². The van der Waals surface area contributed by atoms with Crippen LogP contribution in [0.1, 0.15) is 5.56 Å². The molecule has 0 saturated carbocycles. The number of nitrogens with one attached hydrogen (secondary N) is 1. The van der Waals surface area contributed by atoms with Gasteiger partial charge in [0.1, 0.15) is 0 Å². The number of nitrogens with zero attached hydrogens (tertiary/aromatic N) is 1. The van der Waals surface area contributed by atoms with Crippen molar-refractivity contribution in [2.45, 2.75) is 5.75 Å². The number of likely N-dealkylation sites (N-methyl/N-ethyl adjacent to an activating group) is 2. The van der Waals surface area contributed by atoms with Crippen LogP contribution in [0.3, 0.4) is 0 Å². The van der Waals surface area contributed by atoms with Gasteiger partial charge in [0.2, 0.25) is 10.0 Å². The van der Waals surface area contributed by atoms with E-state index < -0.39 is 10.0 Å². The molecule has 0 aliphatic heterocycles. The second-order valence-electron chi connectivity index (χ2n) is 3.67. The molecular formula is C11H19ClN2O2S. The molecule has 1 aromatic rings. The Kier molecular flexibility index (Phi) is 7.38. The van der Waals surface area contributed by atoms with Crippen LogP contribution in [0.25, 0.3) is 0 Å². The van der Waals surface area contributed by atoms with Gasteiger partial charge >= 0.3 is 0 Å². The summed E-state index contributed by atoms with van der Waals surface area (Å²) in [7, 11) is 0.218. The fraction of sp³-hybridized carbons (Fsp3) is 0.455. The minimum Gasteiger partial charge on any atom is -0.318 e. The van der Waals surface area contributed by atoms with Gasteiger partial charge in [0.15, 0.2) is 0 Å². The maximum Gasteiger partial charge on any atom is 0.218 e. The van der Waals surface area contributed by atoms with E-state index in [1.165, 1.54) is 4.31 Å². The summed E-state index contributed by atoms with van der Waals surface area (Å²) in [6.07, 6.45) is 0. The highest BCUT2D eigenvalue weighted by Gasteiger charge is 2.17. The van der Waals surface area contributed by atoms with Crippen molar-refractivity contribution in [3.8, 4) is 0 Å². The van der Waals surface area contributed by atoms with Crippen molar-refractivity contribution in [2.75, 3.05) is 27.2 Å². The molecule has 0 amide bonds. The molecule has 0 fully saturated rings. The summed E-state index contributed by atoms with van der Waals surface area (Å²) in [6, 6.07) is 9.21. The average molecular weight is 279 g/mol. The van der Waals surface area contributed by atoms with Gasteiger partial charge in [-0.15, -0.1) is 12.4 Å². The third kappa shape index (κ3) is 5.50. The lowest BCUT2D eigenvalue weighted by Gasteiger charge is -2.16. The Balaban J connectivity index is 0.00000256. The first-order chi connectivity index (χ1) is 7.56. The van der Waals surface area contributed by atoms with E-state index in [1.54, 1.807) is 14.1 Å². The van der Waals surface area contributed by atoms with Gasteiger partial charge in [-0.3, -0.25) is 0 Å². The van der Waals surface area contributed by atoms with E-state index in [0.29, 0.717) is 13.1 Å². The van der Waals surface area contributed by atoms with E-state index >= 15 is 0 Å². The highest BCUT2D eigenvalue weighted by atomic mass is 35.5. The molecule has 0 spiro atoms. The molecule has 0 atom stereocenters. The molecule has 1 N–H and O–H groups in total. The van der Waals surface area contributed by atoms with Crippen molar-refractivity contribution in [3.63, 3.8) is 0 Å². The average Bonchev–Trinajstić information content (AvgIpc) is 2.26. The van der Waals surface area contributed by atoms with E-state index in [4.69, 9.17) is 0 Å². The number of sulfonamides is 1. The maximum atomic E-state index is 11.9. The van der Waals surface area contributed by atoms with E-state index in [-0.39, 0.29) is 18.2 Å². The molecule has 17 heavy (non-hydrogen) atoms. The van der Waals surface area contributed by atoms with Crippen molar-refractivity contribution in [3.05, 3.63) is 35.9 Å². The predicted octanol–water partition coefficient (Wildman–Crippen LogP) is 1.09. The predicted molar refractivity (Wildman–Crippen MR) is 72.9 cm³/mol. The molecule has 4 nitrogen and oxygen atoms in total. The Morgan fingerprint density at radius 1 is 1.24 bits per heavy atom. The third-order valence-corrected chi connectivity index (χ3v) is 4.17. The summed E-state index contributed by atoms with van der Waals surface area (Å²) in [4.78, 5) is 0. The number of hydrogen-bond acceptors (Lipinski definition) is 3. The summed E-state index contributed by atoms with van der Waals surface area (Å²) >= 11 is 0. The van der Waals surface area contributed by atoms with Gasteiger partial charge in [0.25, 0.3) is 0 Å². The molecule has 0 aliphatic carbocycles. The lowest BCUT2D eigenvalue weighted by molar-refractivity contribution is 0.465. The molecule has 1 rings (SSSR count). The highest BCUT2D eigenvalue weighted by Crippen LogP contribution is 2.08. The van der Waals surface area contributed by atoms with Gasteiger partial charge < -0.3 is 5.32 Å². The fourth-order valence-electron chi connectivity index (χ4n) is 1.30. The van der Waals surface area contributed by atoms with E-state index in [1.807, 2.05) is 30.3 Å². The zero-order valence-electron chi connectivity index (χ0n) is 10.1. The summed E-state index contributed by atoms with van der Waals surface area (Å²) in [6.45, 7) is 1.15. The van der Waals surface area contributed by atoms with E-state index in [0.717, 1.165) is 5.56 Å². The maximum absolute atomic E-state index is 11.9. The molecule has 1 aromatic carbocycles. The first kappa shape index (κ1) is 16.4. The number of rotatable bonds is 6. The monoisotopic (exact) mass is 278 g/mol. The van der Waals surface area contributed by atoms with E-state index in [9.17, 15) is 8.42 Å². The highest BCUT2D eigenvalue weighted by molar-refractivity contribution is 7.88. The van der Waals surface area contributed by atoms with Crippen molar-refractivity contribution in [1.82, 2.24) is 9.62 Å². The first-order valence-electron chi connectivity index (χ1n) is 5.19. The normalized spacial score (nSPS) is 11.2. The molecule has 6 heteroatoms. The van der Waals surface area contributed by atoms with Crippen LogP contribution in [-0.2, 0) is 15.8 Å². The van der Waals surface area contributed by atoms with Gasteiger partial charge in [-0.2, -0.15) is 0 Å². The zero-order chi connectivity index (χ0) is 12.0. The van der Waals surface area contributed by atoms with Crippen molar-refractivity contribution in [1.29, 1.82) is 0 Å². The van der Waals surface area contributed by atoms with E-state index in [2.05, 4.69) is 5.32 Å². The quantitative estimate of drug-likeness (QED) is 0.847. The van der Waals surface area contributed by atoms with Crippen molar-refractivity contribution >= 4 is 22.4 Å². The lowest BCUT2D eigenvalue weighted by Crippen LogP contribution is -2.33. The Labute approximate surface area is 109 Å². The minimum absolute atomic E-state index is 0. The van der Waals surface area contributed by atoms with Crippen LogP contribution in [-0.4, -0.2) is 39.9 Å². The van der Waals surface area contributed by atoms with Crippen LogP contribution < -0.4 is 5.32 Å². The number of hydrogen-bond donors (Lipinski definition) is 1. The van der Waals surface area contributed by atoms with Gasteiger partial charge in [0, 0.05) is 20.1 Å². The van der Waals surface area contributed by atoms with Crippen LogP contribution in [0.15, 0.2) is 30.3 Å². The van der Waals surface area contributed by atoms with Gasteiger partial charge in [0.05, 0.1) is 5.75 Å². The fourth-order valence-corrected chi connectivity index (χ4v) is 2.51. The van der Waals surface area contributed by atoms with Gasteiger partial charge in [-0.1, -0.05) is 30.3 Å². The Bertz CT molecular complexity index is 409. The first-order valence-corrected chi connectivity index (χ1v) is 6.79. The molecule has 0 saturated heterocycles. The largest absolute Gasteiger partial charge is 0.318 e. The molecule has 0 heterocycles. The molecule has 0 bridgehead atoms. The summed E-state index contributed by atoms with van der Waals surface area (Å²) < 4.78 is 25.2. The molecule has 0 aliphatic rings. The molecular weight excluding hydrogens is 260 g/mol. The summed E-state index contributed by atoms with van der Waals surface area (Å²) in [5.74, 6) is 0.0635. The Hall–Kier alpha value is -0.620. The van der Waals surface area contributed by atoms with Crippen molar-refractivity contribution < 1.29 is 8.42 Å². The molecule has 0 radical (unpaired) electrons. The zero-order valence-corrected chi connectivity index (χ0v) is 11.7. The van der Waals surface area contributed by atoms with Crippen molar-refractivity contribution in [2.24, 2.45) is 0 Å². The summed E-state index contributed by atoms with van der Waals surface area (Å²) in [5.41, 5.74) is 0.818. The van der Waals surface area contributed by atoms with Crippen LogP contribution >= 0.6 is 12.4 Å². The molecule has 98 valence electrons. The smallest absolute Gasteiger partial charge is 0.218 e. The standard InChI is InChI=1S/C11H18N2O2S.ClH/c1-12-8-9-13(2)16(14,15)10-11-6-4-3-5-7-11;/h3-7,12H,8-10H2,1-2H3;1H. The van der Waals surface area contributed by atoms with Gasteiger partial charge in [-0.25, -0.2) is 12.7 Å². The van der Waals surface area contributed by atoms with Crippen LogP contribution in [0.4, 0.5) is 0 Å². The van der Waals surface area contributed by atoms with Crippen LogP contribution in [0, 0.1) is 0 Å². The second kappa shape index (κ2) is 7.66. The number of benzene rings is 1. The van der Waals surface area contributed by atoms with Crippen LogP contribution in [0.2, 0.25) is 0 Å².